The highest BCUT2D eigenvalue weighted by Crippen LogP contribution is 2.42. The Balaban J connectivity index is 2.00. The van der Waals surface area contributed by atoms with Crippen LogP contribution in [0.15, 0.2) is 40.9 Å². The Labute approximate surface area is 135 Å². The molecule has 4 rings (SSSR count). The van der Waals surface area contributed by atoms with Crippen LogP contribution in [0, 0.1) is 0 Å². The maximum atomic E-state index is 6.10. The molecule has 0 saturated heterocycles. The molecule has 2 N–H and O–H groups in total. The number of rotatable bonds is 2. The standard InChI is InChI=1S/C16H13BrClN3/c17-10-5-9(6-12(19)7-10)16-20-14-8-11(18)1-4-15(14)21(16)13-2-3-13/h1,4-8,13H,2-3,19H2. The third kappa shape index (κ3) is 2.32. The molecule has 0 bridgehead atoms. The summed E-state index contributed by atoms with van der Waals surface area (Å²) >= 11 is 9.60. The second kappa shape index (κ2) is 4.75. The molecule has 0 amide bonds. The lowest BCUT2D eigenvalue weighted by Crippen LogP contribution is -1.98. The van der Waals surface area contributed by atoms with Crippen molar-refractivity contribution >= 4 is 44.3 Å². The number of halogens is 2. The number of hydrogen-bond acceptors (Lipinski definition) is 2. The average Bonchev–Trinajstić information content (AvgIpc) is 3.18. The fourth-order valence-corrected chi connectivity index (χ4v) is 3.40. The number of nitrogens with two attached hydrogens (primary N) is 1. The number of nitrogens with zero attached hydrogens (tertiary/aromatic N) is 2. The van der Waals surface area contributed by atoms with Crippen LogP contribution in [-0.4, -0.2) is 9.55 Å². The summed E-state index contributed by atoms with van der Waals surface area (Å²) in [4.78, 5) is 4.79. The molecule has 2 aromatic carbocycles. The zero-order chi connectivity index (χ0) is 14.6. The van der Waals surface area contributed by atoms with Crippen LogP contribution in [-0.2, 0) is 0 Å². The number of benzene rings is 2. The number of aromatic nitrogens is 2. The minimum atomic E-state index is 0.534. The van der Waals surface area contributed by atoms with Crippen LogP contribution in [0.4, 0.5) is 5.69 Å². The van der Waals surface area contributed by atoms with E-state index in [1.807, 2.05) is 30.3 Å². The molecule has 1 fully saturated rings. The van der Waals surface area contributed by atoms with Crippen molar-refractivity contribution in [3.05, 3.63) is 45.9 Å². The summed E-state index contributed by atoms with van der Waals surface area (Å²) in [6, 6.07) is 12.3. The number of anilines is 1. The molecule has 0 unspecified atom stereocenters. The third-order valence-electron chi connectivity index (χ3n) is 3.74. The Morgan fingerprint density at radius 2 is 2.00 bits per heavy atom. The van der Waals surface area contributed by atoms with Crippen LogP contribution in [0.5, 0.6) is 0 Å². The quantitative estimate of drug-likeness (QED) is 0.649. The van der Waals surface area contributed by atoms with Gasteiger partial charge in [0, 0.05) is 26.8 Å². The maximum Gasteiger partial charge on any atom is 0.141 e. The van der Waals surface area contributed by atoms with Crippen molar-refractivity contribution < 1.29 is 0 Å². The highest BCUT2D eigenvalue weighted by atomic mass is 79.9. The van der Waals surface area contributed by atoms with E-state index in [2.05, 4.69) is 26.6 Å². The third-order valence-corrected chi connectivity index (χ3v) is 4.43. The first kappa shape index (κ1) is 13.2. The van der Waals surface area contributed by atoms with E-state index in [4.69, 9.17) is 22.3 Å². The molecule has 1 saturated carbocycles. The summed E-state index contributed by atoms with van der Waals surface area (Å²) in [5.74, 6) is 0.961. The molecule has 21 heavy (non-hydrogen) atoms. The average molecular weight is 363 g/mol. The van der Waals surface area contributed by atoms with E-state index in [1.54, 1.807) is 0 Å². The summed E-state index contributed by atoms with van der Waals surface area (Å²) in [6.07, 6.45) is 2.40. The van der Waals surface area contributed by atoms with E-state index in [1.165, 1.54) is 12.8 Å². The molecule has 3 nitrogen and oxygen atoms in total. The van der Waals surface area contributed by atoms with Gasteiger partial charge in [0.25, 0.3) is 0 Å². The minimum absolute atomic E-state index is 0.534. The largest absolute Gasteiger partial charge is 0.399 e. The van der Waals surface area contributed by atoms with Gasteiger partial charge in [0.2, 0.25) is 0 Å². The topological polar surface area (TPSA) is 43.8 Å². The lowest BCUT2D eigenvalue weighted by Gasteiger charge is -2.09. The summed E-state index contributed by atoms with van der Waals surface area (Å²) in [6.45, 7) is 0. The molecule has 106 valence electrons. The molecule has 1 aromatic heterocycles. The van der Waals surface area contributed by atoms with E-state index >= 15 is 0 Å². The highest BCUT2D eigenvalue weighted by molar-refractivity contribution is 9.10. The van der Waals surface area contributed by atoms with Gasteiger partial charge in [-0.1, -0.05) is 27.5 Å². The molecule has 1 aliphatic carbocycles. The van der Waals surface area contributed by atoms with Crippen molar-refractivity contribution in [3.8, 4) is 11.4 Å². The van der Waals surface area contributed by atoms with E-state index < -0.39 is 0 Å². The summed E-state index contributed by atoms with van der Waals surface area (Å²) in [5, 5.41) is 0.711. The number of hydrogen-bond donors (Lipinski definition) is 1. The van der Waals surface area contributed by atoms with Crippen molar-refractivity contribution in [2.75, 3.05) is 5.73 Å². The lowest BCUT2D eigenvalue weighted by atomic mass is 10.2. The monoisotopic (exact) mass is 361 g/mol. The summed E-state index contributed by atoms with van der Waals surface area (Å²) < 4.78 is 3.28. The second-order valence-corrected chi connectivity index (χ2v) is 6.79. The van der Waals surface area contributed by atoms with E-state index in [0.29, 0.717) is 11.1 Å². The minimum Gasteiger partial charge on any atom is -0.399 e. The predicted molar refractivity (Wildman–Crippen MR) is 90.6 cm³/mol. The van der Waals surface area contributed by atoms with E-state index in [9.17, 15) is 0 Å². The maximum absolute atomic E-state index is 6.10. The highest BCUT2D eigenvalue weighted by Gasteiger charge is 2.28. The van der Waals surface area contributed by atoms with Gasteiger partial charge >= 0.3 is 0 Å². The molecule has 5 heteroatoms. The molecular formula is C16H13BrClN3. The first-order chi connectivity index (χ1) is 10.1. The second-order valence-electron chi connectivity index (χ2n) is 5.44. The normalized spacial score (nSPS) is 14.8. The first-order valence-corrected chi connectivity index (χ1v) is 8.03. The van der Waals surface area contributed by atoms with Gasteiger partial charge in [-0.05, 0) is 49.2 Å². The fourth-order valence-electron chi connectivity index (χ4n) is 2.72. The Bertz CT molecular complexity index is 832. The van der Waals surface area contributed by atoms with Crippen molar-refractivity contribution in [3.63, 3.8) is 0 Å². The zero-order valence-electron chi connectivity index (χ0n) is 11.2. The van der Waals surface area contributed by atoms with Gasteiger partial charge in [0.05, 0.1) is 11.0 Å². The van der Waals surface area contributed by atoms with Crippen LogP contribution in [0.2, 0.25) is 5.02 Å². The van der Waals surface area contributed by atoms with Crippen LogP contribution in [0.3, 0.4) is 0 Å². The Hall–Kier alpha value is -1.52. The van der Waals surface area contributed by atoms with Gasteiger partial charge in [0.15, 0.2) is 0 Å². The molecule has 1 aliphatic rings. The van der Waals surface area contributed by atoms with Gasteiger partial charge in [-0.3, -0.25) is 0 Å². The SMILES string of the molecule is Nc1cc(Br)cc(-c2nc3cc(Cl)ccc3n2C2CC2)c1. The lowest BCUT2D eigenvalue weighted by molar-refractivity contribution is 0.775. The molecule has 0 atom stereocenters. The fraction of sp³-hybridized carbons (Fsp3) is 0.188. The van der Waals surface area contributed by atoms with Crippen molar-refractivity contribution in [1.29, 1.82) is 0 Å². The molecule has 1 heterocycles. The van der Waals surface area contributed by atoms with Gasteiger partial charge in [-0.25, -0.2) is 4.98 Å². The summed E-state index contributed by atoms with van der Waals surface area (Å²) in [7, 11) is 0. The van der Waals surface area contributed by atoms with Gasteiger partial charge < -0.3 is 10.3 Å². The van der Waals surface area contributed by atoms with Crippen molar-refractivity contribution in [2.24, 2.45) is 0 Å². The van der Waals surface area contributed by atoms with Gasteiger partial charge in [0.1, 0.15) is 5.82 Å². The van der Waals surface area contributed by atoms with Crippen molar-refractivity contribution in [1.82, 2.24) is 9.55 Å². The molecular weight excluding hydrogens is 350 g/mol. The van der Waals surface area contributed by atoms with Crippen LogP contribution in [0.25, 0.3) is 22.4 Å². The number of imidazole rings is 1. The van der Waals surface area contributed by atoms with Crippen molar-refractivity contribution in [2.45, 2.75) is 18.9 Å². The number of fused-ring (bicyclic) bond motifs is 1. The van der Waals surface area contributed by atoms with Crippen LogP contribution >= 0.6 is 27.5 Å². The van der Waals surface area contributed by atoms with E-state index in [-0.39, 0.29) is 0 Å². The molecule has 0 aliphatic heterocycles. The zero-order valence-corrected chi connectivity index (χ0v) is 13.5. The smallest absolute Gasteiger partial charge is 0.141 e. The Morgan fingerprint density at radius 3 is 2.71 bits per heavy atom. The Morgan fingerprint density at radius 1 is 1.19 bits per heavy atom. The van der Waals surface area contributed by atoms with E-state index in [0.717, 1.165) is 32.6 Å². The molecule has 0 spiro atoms. The number of nitrogen functional groups attached to an aromatic ring is 1. The molecule has 3 aromatic rings. The van der Waals surface area contributed by atoms with Crippen LogP contribution in [0.1, 0.15) is 18.9 Å². The first-order valence-electron chi connectivity index (χ1n) is 6.86. The Kier molecular flexibility index (Phi) is 2.98. The summed E-state index contributed by atoms with van der Waals surface area (Å²) in [5.41, 5.74) is 9.79. The molecule has 0 radical (unpaired) electrons. The van der Waals surface area contributed by atoms with Gasteiger partial charge in [-0.2, -0.15) is 0 Å². The predicted octanol–water partition coefficient (Wildman–Crippen LogP) is 5.04. The van der Waals surface area contributed by atoms with Gasteiger partial charge in [-0.15, -0.1) is 0 Å². The van der Waals surface area contributed by atoms with Crippen LogP contribution < -0.4 is 5.73 Å².